The third-order valence-electron chi connectivity index (χ3n) is 2.75. The molecule has 2 rings (SSSR count). The molecule has 0 atom stereocenters. The topological polar surface area (TPSA) is 32.3 Å². The van der Waals surface area contributed by atoms with Crippen LogP contribution in [-0.4, -0.2) is 24.0 Å². The molecule has 15 heavy (non-hydrogen) atoms. The van der Waals surface area contributed by atoms with Crippen LogP contribution in [0.4, 0.5) is 4.79 Å². The maximum atomic E-state index is 11.6. The van der Waals surface area contributed by atoms with Crippen molar-refractivity contribution in [2.24, 2.45) is 0 Å². The molecule has 0 fully saturated rings. The molecule has 0 aliphatic carbocycles. The number of amides is 2. The fourth-order valence-corrected chi connectivity index (χ4v) is 1.93. The molecule has 3 heteroatoms. The standard InChI is InChI=1S/C12H16N2O/c1-2-13-12(15)14-8-7-10-5-3-4-6-11(10)9-14/h3-6H,2,7-9H2,1H3,(H,13,15). The third kappa shape index (κ3) is 2.12. The molecule has 0 unspecified atom stereocenters. The number of nitrogens with one attached hydrogen (secondary N) is 1. The average Bonchev–Trinajstić information content (AvgIpc) is 2.29. The maximum absolute atomic E-state index is 11.6. The lowest BCUT2D eigenvalue weighted by atomic mass is 10.0. The van der Waals surface area contributed by atoms with Gasteiger partial charge < -0.3 is 10.2 Å². The number of benzene rings is 1. The average molecular weight is 204 g/mol. The number of rotatable bonds is 1. The first-order valence-corrected chi connectivity index (χ1v) is 5.41. The van der Waals surface area contributed by atoms with E-state index < -0.39 is 0 Å². The normalized spacial score (nSPS) is 14.6. The van der Waals surface area contributed by atoms with Gasteiger partial charge in [0.15, 0.2) is 0 Å². The van der Waals surface area contributed by atoms with Crippen molar-refractivity contribution in [3.8, 4) is 0 Å². The highest BCUT2D eigenvalue weighted by molar-refractivity contribution is 5.74. The van der Waals surface area contributed by atoms with Gasteiger partial charge in [0, 0.05) is 19.6 Å². The van der Waals surface area contributed by atoms with Crippen LogP contribution >= 0.6 is 0 Å². The summed E-state index contributed by atoms with van der Waals surface area (Å²) in [5.41, 5.74) is 2.65. The van der Waals surface area contributed by atoms with Crippen LogP contribution in [0.5, 0.6) is 0 Å². The Hall–Kier alpha value is -1.51. The number of urea groups is 1. The highest BCUT2D eigenvalue weighted by Gasteiger charge is 2.19. The molecule has 1 aromatic carbocycles. The van der Waals surface area contributed by atoms with Crippen molar-refractivity contribution >= 4 is 6.03 Å². The van der Waals surface area contributed by atoms with Gasteiger partial charge >= 0.3 is 6.03 Å². The van der Waals surface area contributed by atoms with E-state index in [2.05, 4.69) is 23.5 Å². The Morgan fingerprint density at radius 3 is 2.87 bits per heavy atom. The third-order valence-corrected chi connectivity index (χ3v) is 2.75. The van der Waals surface area contributed by atoms with Crippen molar-refractivity contribution in [2.75, 3.05) is 13.1 Å². The molecule has 0 bridgehead atoms. The van der Waals surface area contributed by atoms with Crippen LogP contribution in [-0.2, 0) is 13.0 Å². The minimum absolute atomic E-state index is 0.0482. The van der Waals surface area contributed by atoms with Crippen molar-refractivity contribution in [3.63, 3.8) is 0 Å². The number of nitrogens with zero attached hydrogens (tertiary/aromatic N) is 1. The highest BCUT2D eigenvalue weighted by Crippen LogP contribution is 2.18. The predicted octanol–water partition coefficient (Wildman–Crippen LogP) is 1.77. The van der Waals surface area contributed by atoms with Crippen LogP contribution in [0.1, 0.15) is 18.1 Å². The maximum Gasteiger partial charge on any atom is 0.317 e. The van der Waals surface area contributed by atoms with E-state index in [0.29, 0.717) is 6.54 Å². The zero-order valence-electron chi connectivity index (χ0n) is 8.99. The van der Waals surface area contributed by atoms with E-state index >= 15 is 0 Å². The van der Waals surface area contributed by atoms with Gasteiger partial charge in [-0.2, -0.15) is 0 Å². The fraction of sp³-hybridized carbons (Fsp3) is 0.417. The SMILES string of the molecule is CCNC(=O)N1CCc2ccccc2C1. The molecule has 3 nitrogen and oxygen atoms in total. The summed E-state index contributed by atoms with van der Waals surface area (Å²) >= 11 is 0. The Bertz CT molecular complexity index is 362. The molecule has 1 N–H and O–H groups in total. The molecule has 0 saturated heterocycles. The van der Waals surface area contributed by atoms with Crippen LogP contribution in [0, 0.1) is 0 Å². The summed E-state index contributed by atoms with van der Waals surface area (Å²) in [6.07, 6.45) is 0.966. The first-order chi connectivity index (χ1) is 7.31. The Morgan fingerprint density at radius 2 is 2.13 bits per heavy atom. The number of hydrogen-bond acceptors (Lipinski definition) is 1. The second-order valence-electron chi connectivity index (χ2n) is 3.78. The van der Waals surface area contributed by atoms with Crippen LogP contribution in [0.2, 0.25) is 0 Å². The van der Waals surface area contributed by atoms with Crippen LogP contribution < -0.4 is 5.32 Å². The summed E-state index contributed by atoms with van der Waals surface area (Å²) in [5, 5.41) is 2.83. The summed E-state index contributed by atoms with van der Waals surface area (Å²) in [7, 11) is 0. The lowest BCUT2D eigenvalue weighted by molar-refractivity contribution is 0.193. The Labute approximate surface area is 90.1 Å². The van der Waals surface area contributed by atoms with Crippen LogP contribution in [0.25, 0.3) is 0 Å². The summed E-state index contributed by atoms with van der Waals surface area (Å²) in [4.78, 5) is 13.5. The molecular weight excluding hydrogens is 188 g/mol. The van der Waals surface area contributed by atoms with Gasteiger partial charge in [-0.1, -0.05) is 24.3 Å². The Kier molecular flexibility index (Phi) is 2.90. The zero-order chi connectivity index (χ0) is 10.7. The first kappa shape index (κ1) is 10.0. The monoisotopic (exact) mass is 204 g/mol. The van der Waals surface area contributed by atoms with Crippen molar-refractivity contribution in [1.29, 1.82) is 0 Å². The molecule has 1 aliphatic heterocycles. The second kappa shape index (κ2) is 4.34. The molecule has 0 radical (unpaired) electrons. The first-order valence-electron chi connectivity index (χ1n) is 5.41. The minimum Gasteiger partial charge on any atom is -0.338 e. The van der Waals surface area contributed by atoms with E-state index in [9.17, 15) is 4.79 Å². The molecule has 0 saturated carbocycles. The number of carbonyl (C=O) groups is 1. The number of fused-ring (bicyclic) bond motifs is 1. The van der Waals surface area contributed by atoms with Crippen molar-refractivity contribution in [2.45, 2.75) is 19.9 Å². The van der Waals surface area contributed by atoms with Crippen LogP contribution in [0.3, 0.4) is 0 Å². The van der Waals surface area contributed by atoms with Gasteiger partial charge in [0.25, 0.3) is 0 Å². The Balaban J connectivity index is 2.08. The summed E-state index contributed by atoms with van der Waals surface area (Å²) in [6, 6.07) is 8.37. The van der Waals surface area contributed by atoms with Gasteiger partial charge in [0.05, 0.1) is 0 Å². The van der Waals surface area contributed by atoms with Gasteiger partial charge in [0.2, 0.25) is 0 Å². The van der Waals surface area contributed by atoms with Crippen molar-refractivity contribution in [3.05, 3.63) is 35.4 Å². The van der Waals surface area contributed by atoms with E-state index in [4.69, 9.17) is 0 Å². The fourth-order valence-electron chi connectivity index (χ4n) is 1.93. The molecule has 0 aromatic heterocycles. The molecule has 1 aliphatic rings. The minimum atomic E-state index is 0.0482. The van der Waals surface area contributed by atoms with Gasteiger partial charge in [-0.15, -0.1) is 0 Å². The molecule has 80 valence electrons. The summed E-state index contributed by atoms with van der Waals surface area (Å²) < 4.78 is 0. The van der Waals surface area contributed by atoms with Crippen molar-refractivity contribution in [1.82, 2.24) is 10.2 Å². The lowest BCUT2D eigenvalue weighted by Crippen LogP contribution is -2.42. The molecule has 1 aromatic rings. The van der Waals surface area contributed by atoms with E-state index in [0.717, 1.165) is 19.5 Å². The quantitative estimate of drug-likeness (QED) is 0.743. The number of hydrogen-bond donors (Lipinski definition) is 1. The molecule has 0 spiro atoms. The second-order valence-corrected chi connectivity index (χ2v) is 3.78. The zero-order valence-corrected chi connectivity index (χ0v) is 8.99. The van der Waals surface area contributed by atoms with E-state index in [1.54, 1.807) is 0 Å². The van der Waals surface area contributed by atoms with Gasteiger partial charge in [-0.25, -0.2) is 4.79 Å². The van der Waals surface area contributed by atoms with Gasteiger partial charge in [-0.3, -0.25) is 0 Å². The van der Waals surface area contributed by atoms with Gasteiger partial charge in [-0.05, 0) is 24.5 Å². The van der Waals surface area contributed by atoms with Crippen LogP contribution in [0.15, 0.2) is 24.3 Å². The van der Waals surface area contributed by atoms with Gasteiger partial charge in [0.1, 0.15) is 0 Å². The Morgan fingerprint density at radius 1 is 1.40 bits per heavy atom. The van der Waals surface area contributed by atoms with E-state index in [1.807, 2.05) is 17.9 Å². The molecule has 1 heterocycles. The van der Waals surface area contributed by atoms with E-state index in [-0.39, 0.29) is 6.03 Å². The molecule has 2 amide bonds. The smallest absolute Gasteiger partial charge is 0.317 e. The van der Waals surface area contributed by atoms with Crippen molar-refractivity contribution < 1.29 is 4.79 Å². The largest absolute Gasteiger partial charge is 0.338 e. The predicted molar refractivity (Wildman–Crippen MR) is 59.6 cm³/mol. The highest BCUT2D eigenvalue weighted by atomic mass is 16.2. The lowest BCUT2D eigenvalue weighted by Gasteiger charge is -2.28. The van der Waals surface area contributed by atoms with E-state index in [1.165, 1.54) is 11.1 Å². The number of carbonyl (C=O) groups excluding carboxylic acids is 1. The summed E-state index contributed by atoms with van der Waals surface area (Å²) in [5.74, 6) is 0. The molecular formula is C12H16N2O. The summed E-state index contributed by atoms with van der Waals surface area (Å²) in [6.45, 7) is 4.19.